The zero-order valence-electron chi connectivity index (χ0n) is 7.26. The molecule has 0 fully saturated rings. The molecule has 0 atom stereocenters. The van der Waals surface area contributed by atoms with Crippen LogP contribution in [0.1, 0.15) is 13.3 Å². The highest BCUT2D eigenvalue weighted by molar-refractivity contribution is 5.67. The molecule has 9 heteroatoms. The molecule has 0 aromatic rings. The van der Waals surface area contributed by atoms with E-state index in [2.05, 4.69) is 20.9 Å². The van der Waals surface area contributed by atoms with Crippen LogP contribution in [0.5, 0.6) is 0 Å². The Morgan fingerprint density at radius 2 is 1.71 bits per heavy atom. The number of carbonyl (C=O) groups is 2. The molecule has 2 amide bonds. The van der Waals surface area contributed by atoms with Crippen molar-refractivity contribution in [3.8, 4) is 0 Å². The average Bonchev–Trinajstić information content (AvgIpc) is 2.00. The first kappa shape index (κ1) is 11.9. The summed E-state index contributed by atoms with van der Waals surface area (Å²) >= 11 is 0. The Hall–Kier alpha value is -2.06. The number of hydrogen-bond donors (Lipinski definition) is 2. The molecule has 0 aromatic carbocycles. The molecule has 14 heavy (non-hydrogen) atoms. The third kappa shape index (κ3) is 2.77. The predicted octanol–water partition coefficient (Wildman–Crippen LogP) is -0.483. The van der Waals surface area contributed by atoms with Crippen molar-refractivity contribution >= 4 is 12.2 Å². The topological polar surface area (TPSA) is 148 Å². The Labute approximate surface area is 78.1 Å². The molecule has 0 aliphatic heterocycles. The Balaban J connectivity index is 4.87. The molecule has 0 unspecified atom stereocenters. The van der Waals surface area contributed by atoms with E-state index in [1.807, 2.05) is 0 Å². The van der Waals surface area contributed by atoms with Crippen molar-refractivity contribution in [2.45, 2.75) is 19.3 Å². The van der Waals surface area contributed by atoms with E-state index in [1.165, 1.54) is 6.92 Å². The predicted molar refractivity (Wildman–Crippen MR) is 41.4 cm³/mol. The second-order valence-electron chi connectivity index (χ2n) is 2.17. The fraction of sp³-hybridized carbons (Fsp3) is 0.600. The number of primary amides is 2. The highest BCUT2D eigenvalue weighted by Gasteiger charge is 2.50. The van der Waals surface area contributed by atoms with Crippen molar-refractivity contribution in [2.24, 2.45) is 11.5 Å². The monoisotopic (exact) mass is 207 g/mol. The van der Waals surface area contributed by atoms with Crippen molar-refractivity contribution in [1.82, 2.24) is 0 Å². The molecule has 0 saturated carbocycles. The zero-order valence-corrected chi connectivity index (χ0v) is 7.26. The van der Waals surface area contributed by atoms with Gasteiger partial charge in [-0.25, -0.2) is 9.59 Å². The molecule has 0 spiro atoms. The maximum Gasteiger partial charge on any atom is 0.532 e. The lowest BCUT2D eigenvalue weighted by Gasteiger charge is -2.20. The summed E-state index contributed by atoms with van der Waals surface area (Å²) in [7, 11) is 0. The summed E-state index contributed by atoms with van der Waals surface area (Å²) in [6.45, 7) is 1.26. The van der Waals surface area contributed by atoms with Gasteiger partial charge < -0.3 is 20.9 Å². The SMILES string of the molecule is CCC(OC(N)=O)(OC(N)=O)[N+](=O)[O-]. The summed E-state index contributed by atoms with van der Waals surface area (Å²) in [6, 6.07) is 0. The highest BCUT2D eigenvalue weighted by atomic mass is 16.8. The number of carbonyl (C=O) groups excluding carboxylic acids is 2. The standard InChI is InChI=1S/C5H9N3O6/c1-2-5(8(11)12,13-3(6)9)14-4(7)10/h2H2,1H3,(H2,6,9)(H2,7,10). The lowest BCUT2D eigenvalue weighted by molar-refractivity contribution is -0.674. The van der Waals surface area contributed by atoms with Gasteiger partial charge in [-0.05, 0) is 0 Å². The normalized spacial score (nSPS) is 10.4. The first-order valence-corrected chi connectivity index (χ1v) is 3.45. The molecule has 0 radical (unpaired) electrons. The van der Waals surface area contributed by atoms with Crippen LogP contribution >= 0.6 is 0 Å². The van der Waals surface area contributed by atoms with Crippen LogP contribution in [0.4, 0.5) is 9.59 Å². The highest BCUT2D eigenvalue weighted by Crippen LogP contribution is 2.18. The molecule has 80 valence electrons. The number of nitrogens with zero attached hydrogens (tertiary/aromatic N) is 1. The number of amides is 2. The summed E-state index contributed by atoms with van der Waals surface area (Å²) < 4.78 is 8.15. The second kappa shape index (κ2) is 4.25. The van der Waals surface area contributed by atoms with Gasteiger partial charge in [-0.3, -0.25) is 10.1 Å². The molecule has 0 rings (SSSR count). The van der Waals surface area contributed by atoms with E-state index in [0.717, 1.165) is 0 Å². The summed E-state index contributed by atoms with van der Waals surface area (Å²) in [5.41, 5.74) is 9.14. The summed E-state index contributed by atoms with van der Waals surface area (Å²) in [5, 5.41) is 10.5. The molecule has 0 heterocycles. The van der Waals surface area contributed by atoms with Gasteiger partial charge in [-0.15, -0.1) is 0 Å². The second-order valence-corrected chi connectivity index (χ2v) is 2.17. The number of ether oxygens (including phenoxy) is 2. The minimum absolute atomic E-state index is 0.411. The van der Waals surface area contributed by atoms with Crippen molar-refractivity contribution < 1.29 is 24.0 Å². The molecule has 0 aliphatic carbocycles. The van der Waals surface area contributed by atoms with Gasteiger partial charge >= 0.3 is 18.1 Å². The van der Waals surface area contributed by atoms with Gasteiger partial charge in [-0.1, -0.05) is 6.92 Å². The number of nitrogens with two attached hydrogens (primary N) is 2. The first-order valence-electron chi connectivity index (χ1n) is 3.45. The van der Waals surface area contributed by atoms with Gasteiger partial charge in [0.1, 0.15) is 4.92 Å². The Bertz CT molecular complexity index is 248. The Morgan fingerprint density at radius 3 is 1.86 bits per heavy atom. The van der Waals surface area contributed by atoms with Crippen LogP contribution in [0.2, 0.25) is 0 Å². The van der Waals surface area contributed by atoms with Gasteiger partial charge in [0, 0.05) is 0 Å². The Morgan fingerprint density at radius 1 is 1.36 bits per heavy atom. The molecule has 4 N–H and O–H groups in total. The van der Waals surface area contributed by atoms with Crippen LogP contribution < -0.4 is 11.5 Å². The number of hydrogen-bond acceptors (Lipinski definition) is 6. The van der Waals surface area contributed by atoms with Gasteiger partial charge in [0.25, 0.3) is 0 Å². The molecule has 0 saturated heterocycles. The van der Waals surface area contributed by atoms with Crippen LogP contribution in [0.25, 0.3) is 0 Å². The van der Waals surface area contributed by atoms with Gasteiger partial charge in [0.05, 0.1) is 6.42 Å². The maximum atomic E-state index is 10.5. The van der Waals surface area contributed by atoms with Gasteiger partial charge in [-0.2, -0.15) is 0 Å². The molecular weight excluding hydrogens is 198 g/mol. The fourth-order valence-electron chi connectivity index (χ4n) is 0.683. The fourth-order valence-corrected chi connectivity index (χ4v) is 0.683. The van der Waals surface area contributed by atoms with E-state index < -0.39 is 29.4 Å². The zero-order chi connectivity index (χ0) is 11.4. The molecule has 0 aromatic heterocycles. The van der Waals surface area contributed by atoms with Crippen LogP contribution in [-0.2, 0) is 9.47 Å². The van der Waals surface area contributed by atoms with E-state index in [9.17, 15) is 19.7 Å². The quantitative estimate of drug-likeness (QED) is 0.361. The summed E-state index contributed by atoms with van der Waals surface area (Å²) in [4.78, 5) is 30.0. The summed E-state index contributed by atoms with van der Waals surface area (Å²) in [5.74, 6) is -2.64. The smallest absolute Gasteiger partial charge is 0.345 e. The maximum absolute atomic E-state index is 10.5. The molecule has 0 bridgehead atoms. The molecule has 9 nitrogen and oxygen atoms in total. The number of rotatable bonds is 4. The van der Waals surface area contributed by atoms with E-state index in [0.29, 0.717) is 0 Å². The third-order valence-corrected chi connectivity index (χ3v) is 1.25. The Kier molecular flexibility index (Phi) is 3.63. The minimum atomic E-state index is -2.64. The van der Waals surface area contributed by atoms with Crippen LogP contribution in [0.15, 0.2) is 0 Å². The van der Waals surface area contributed by atoms with Crippen molar-refractivity contribution in [3.05, 3.63) is 10.1 Å². The van der Waals surface area contributed by atoms with Crippen molar-refractivity contribution in [3.63, 3.8) is 0 Å². The van der Waals surface area contributed by atoms with E-state index in [4.69, 9.17) is 0 Å². The number of nitro groups is 1. The lowest BCUT2D eigenvalue weighted by Crippen LogP contribution is -2.48. The lowest BCUT2D eigenvalue weighted by atomic mass is 10.4. The van der Waals surface area contributed by atoms with Crippen molar-refractivity contribution in [2.75, 3.05) is 0 Å². The van der Waals surface area contributed by atoms with Gasteiger partial charge in [0.15, 0.2) is 0 Å². The largest absolute Gasteiger partial charge is 0.532 e. The first-order chi connectivity index (χ1) is 6.34. The van der Waals surface area contributed by atoms with E-state index in [-0.39, 0.29) is 0 Å². The van der Waals surface area contributed by atoms with Crippen LogP contribution in [0.3, 0.4) is 0 Å². The van der Waals surface area contributed by atoms with Crippen molar-refractivity contribution in [1.29, 1.82) is 0 Å². The van der Waals surface area contributed by atoms with Crippen LogP contribution in [-0.4, -0.2) is 23.0 Å². The minimum Gasteiger partial charge on any atom is -0.345 e. The molecular formula is C5H9N3O6. The third-order valence-electron chi connectivity index (χ3n) is 1.25. The van der Waals surface area contributed by atoms with Crippen LogP contribution in [0, 0.1) is 10.1 Å². The average molecular weight is 207 g/mol. The van der Waals surface area contributed by atoms with Gasteiger partial charge in [0.2, 0.25) is 0 Å². The van der Waals surface area contributed by atoms with E-state index in [1.54, 1.807) is 0 Å². The summed E-state index contributed by atoms with van der Waals surface area (Å²) in [6.07, 6.45) is -3.29. The molecule has 0 aliphatic rings. The van der Waals surface area contributed by atoms with E-state index >= 15 is 0 Å².